The fourth-order valence-corrected chi connectivity index (χ4v) is 2.72. The van der Waals surface area contributed by atoms with Crippen molar-refractivity contribution in [2.24, 2.45) is 0 Å². The molecule has 0 bridgehead atoms. The molecule has 2 unspecified atom stereocenters. The molecule has 0 aliphatic carbocycles. The molecule has 1 N–H and O–H groups in total. The maximum atomic E-state index is 5.93. The quantitative estimate of drug-likeness (QED) is 0.870. The van der Waals surface area contributed by atoms with E-state index in [2.05, 4.69) is 18.3 Å². The molecule has 1 saturated heterocycles. The van der Waals surface area contributed by atoms with Crippen molar-refractivity contribution < 1.29 is 9.47 Å². The highest BCUT2D eigenvalue weighted by Gasteiger charge is 2.39. The lowest BCUT2D eigenvalue weighted by Crippen LogP contribution is -2.39. The molecule has 1 fully saturated rings. The summed E-state index contributed by atoms with van der Waals surface area (Å²) < 4.78 is 11.4. The monoisotopic (exact) mass is 235 g/mol. The lowest BCUT2D eigenvalue weighted by Gasteiger charge is -2.34. The molecule has 0 spiro atoms. The van der Waals surface area contributed by atoms with Crippen LogP contribution in [0.25, 0.3) is 0 Å². The van der Waals surface area contributed by atoms with Crippen molar-refractivity contribution in [3.8, 4) is 5.75 Å². The summed E-state index contributed by atoms with van der Waals surface area (Å²) in [5.41, 5.74) is 1.03. The molecule has 17 heavy (non-hydrogen) atoms. The van der Waals surface area contributed by atoms with Gasteiger partial charge in [-0.3, -0.25) is 0 Å². The summed E-state index contributed by atoms with van der Waals surface area (Å²) in [4.78, 5) is 0. The van der Waals surface area contributed by atoms with Crippen molar-refractivity contribution in [2.45, 2.75) is 31.4 Å². The average molecular weight is 235 g/mol. The van der Waals surface area contributed by atoms with E-state index < -0.39 is 0 Å². The number of benzene rings is 1. The van der Waals surface area contributed by atoms with Crippen LogP contribution in [0.3, 0.4) is 0 Å². The first kappa shape index (κ1) is 12.4. The Bertz CT molecular complexity index is 372. The summed E-state index contributed by atoms with van der Waals surface area (Å²) in [5, 5.41) is 3.37. The first-order chi connectivity index (χ1) is 8.21. The molecule has 1 aliphatic heterocycles. The lowest BCUT2D eigenvalue weighted by atomic mass is 9.87. The molecule has 94 valence electrons. The first-order valence-corrected chi connectivity index (χ1v) is 6.15. The van der Waals surface area contributed by atoms with E-state index in [-0.39, 0.29) is 11.6 Å². The second-order valence-electron chi connectivity index (χ2n) is 4.73. The second kappa shape index (κ2) is 5.07. The van der Waals surface area contributed by atoms with Gasteiger partial charge < -0.3 is 14.8 Å². The van der Waals surface area contributed by atoms with Crippen LogP contribution in [0.2, 0.25) is 0 Å². The predicted molar refractivity (Wildman–Crippen MR) is 68.4 cm³/mol. The molecule has 0 saturated carbocycles. The van der Waals surface area contributed by atoms with Crippen LogP contribution in [0.15, 0.2) is 24.3 Å². The molecule has 0 amide bonds. The van der Waals surface area contributed by atoms with E-state index in [4.69, 9.17) is 9.47 Å². The van der Waals surface area contributed by atoms with Crippen molar-refractivity contribution in [3.05, 3.63) is 29.8 Å². The van der Waals surface area contributed by atoms with E-state index in [1.807, 2.05) is 25.2 Å². The van der Waals surface area contributed by atoms with E-state index in [0.29, 0.717) is 0 Å². The fraction of sp³-hybridized carbons (Fsp3) is 0.571. The van der Waals surface area contributed by atoms with E-state index in [1.54, 1.807) is 7.11 Å². The van der Waals surface area contributed by atoms with Gasteiger partial charge in [-0.1, -0.05) is 18.2 Å². The zero-order valence-corrected chi connectivity index (χ0v) is 10.8. The summed E-state index contributed by atoms with van der Waals surface area (Å²) in [6, 6.07) is 8.30. The van der Waals surface area contributed by atoms with Gasteiger partial charge in [0.25, 0.3) is 0 Å². The van der Waals surface area contributed by atoms with Crippen molar-refractivity contribution >= 4 is 0 Å². The minimum Gasteiger partial charge on any atom is -0.496 e. The Hall–Kier alpha value is -1.06. The van der Waals surface area contributed by atoms with E-state index in [0.717, 1.165) is 25.2 Å². The number of methoxy groups -OCH3 is 1. The highest BCUT2D eigenvalue weighted by Crippen LogP contribution is 2.40. The van der Waals surface area contributed by atoms with Gasteiger partial charge >= 0.3 is 0 Å². The topological polar surface area (TPSA) is 30.5 Å². The largest absolute Gasteiger partial charge is 0.496 e. The second-order valence-corrected chi connectivity index (χ2v) is 4.73. The molecular weight excluding hydrogens is 214 g/mol. The molecule has 1 aromatic carbocycles. The molecule has 2 atom stereocenters. The van der Waals surface area contributed by atoms with Crippen LogP contribution in [0.4, 0.5) is 0 Å². The van der Waals surface area contributed by atoms with Gasteiger partial charge in [0, 0.05) is 12.2 Å². The summed E-state index contributed by atoms with van der Waals surface area (Å²) >= 11 is 0. The maximum Gasteiger partial charge on any atom is 0.123 e. The third-order valence-corrected chi connectivity index (χ3v) is 3.60. The van der Waals surface area contributed by atoms with Crippen LogP contribution in [0.1, 0.15) is 31.4 Å². The van der Waals surface area contributed by atoms with Gasteiger partial charge in [0.2, 0.25) is 0 Å². The van der Waals surface area contributed by atoms with Gasteiger partial charge in [-0.15, -0.1) is 0 Å². The Morgan fingerprint density at radius 1 is 1.41 bits per heavy atom. The van der Waals surface area contributed by atoms with Gasteiger partial charge in [0.1, 0.15) is 5.75 Å². The van der Waals surface area contributed by atoms with Gasteiger partial charge in [0.15, 0.2) is 0 Å². The Morgan fingerprint density at radius 2 is 2.18 bits per heavy atom. The van der Waals surface area contributed by atoms with Crippen molar-refractivity contribution in [1.29, 1.82) is 0 Å². The third kappa shape index (κ3) is 2.31. The third-order valence-electron chi connectivity index (χ3n) is 3.60. The number of para-hydroxylation sites is 1. The van der Waals surface area contributed by atoms with Crippen LogP contribution >= 0.6 is 0 Å². The average Bonchev–Trinajstić information content (AvgIpc) is 2.78. The predicted octanol–water partition coefficient (Wildman–Crippen LogP) is 2.52. The summed E-state index contributed by atoms with van der Waals surface area (Å²) in [7, 11) is 3.69. The SMILES string of the molecule is CNC(c1ccccc1OC)C1(C)CCCO1. The Balaban J connectivity index is 2.34. The number of likely N-dealkylation sites (N-methyl/N-ethyl adjacent to an activating group) is 1. The minimum absolute atomic E-state index is 0.136. The highest BCUT2D eigenvalue weighted by molar-refractivity contribution is 5.37. The van der Waals surface area contributed by atoms with E-state index >= 15 is 0 Å². The smallest absolute Gasteiger partial charge is 0.123 e. The molecule has 3 nitrogen and oxygen atoms in total. The maximum absolute atomic E-state index is 5.93. The first-order valence-electron chi connectivity index (χ1n) is 6.15. The van der Waals surface area contributed by atoms with Gasteiger partial charge in [-0.25, -0.2) is 0 Å². The normalized spacial score (nSPS) is 25.8. The van der Waals surface area contributed by atoms with E-state index in [9.17, 15) is 0 Å². The number of hydrogen-bond acceptors (Lipinski definition) is 3. The zero-order chi connectivity index (χ0) is 12.3. The minimum atomic E-state index is -0.136. The van der Waals surface area contributed by atoms with Crippen LogP contribution in [-0.2, 0) is 4.74 Å². The van der Waals surface area contributed by atoms with Crippen LogP contribution in [-0.4, -0.2) is 26.4 Å². The Labute approximate surface area is 103 Å². The Morgan fingerprint density at radius 3 is 2.76 bits per heavy atom. The number of rotatable bonds is 4. The molecule has 3 heteroatoms. The van der Waals surface area contributed by atoms with Gasteiger partial charge in [0.05, 0.1) is 18.8 Å². The molecule has 0 aromatic heterocycles. The molecule has 1 aliphatic rings. The van der Waals surface area contributed by atoms with Crippen molar-refractivity contribution in [1.82, 2.24) is 5.32 Å². The number of ether oxygens (including phenoxy) is 2. The van der Waals surface area contributed by atoms with Crippen LogP contribution in [0, 0.1) is 0 Å². The van der Waals surface area contributed by atoms with Crippen molar-refractivity contribution in [3.63, 3.8) is 0 Å². The number of hydrogen-bond donors (Lipinski definition) is 1. The summed E-state index contributed by atoms with van der Waals surface area (Å²) in [5.74, 6) is 0.920. The summed E-state index contributed by atoms with van der Waals surface area (Å²) in [6.07, 6.45) is 2.21. The lowest BCUT2D eigenvalue weighted by molar-refractivity contribution is -0.0110. The standard InChI is InChI=1S/C14H21NO2/c1-14(9-6-10-17-14)13(15-2)11-7-4-5-8-12(11)16-3/h4-5,7-8,13,15H,6,9-10H2,1-3H3. The summed E-state index contributed by atoms with van der Waals surface area (Å²) in [6.45, 7) is 3.03. The molecule has 1 heterocycles. The Kier molecular flexibility index (Phi) is 3.69. The fourth-order valence-electron chi connectivity index (χ4n) is 2.72. The van der Waals surface area contributed by atoms with E-state index in [1.165, 1.54) is 5.56 Å². The molecule has 2 rings (SSSR count). The van der Waals surface area contributed by atoms with Crippen molar-refractivity contribution in [2.75, 3.05) is 20.8 Å². The van der Waals surface area contributed by atoms with Crippen LogP contribution in [0.5, 0.6) is 5.75 Å². The number of nitrogens with one attached hydrogen (secondary N) is 1. The van der Waals surface area contributed by atoms with Gasteiger partial charge in [-0.2, -0.15) is 0 Å². The molecular formula is C14H21NO2. The zero-order valence-electron chi connectivity index (χ0n) is 10.8. The molecule has 0 radical (unpaired) electrons. The highest BCUT2D eigenvalue weighted by atomic mass is 16.5. The van der Waals surface area contributed by atoms with Crippen LogP contribution < -0.4 is 10.1 Å². The van der Waals surface area contributed by atoms with Gasteiger partial charge in [-0.05, 0) is 32.9 Å². The molecule has 1 aromatic rings.